The smallest absolute Gasteiger partial charge is 0.0818 e. The summed E-state index contributed by atoms with van der Waals surface area (Å²) in [6, 6.07) is 0. The summed E-state index contributed by atoms with van der Waals surface area (Å²) in [4.78, 5) is 4.01. The molecule has 0 aromatic rings. The lowest BCUT2D eigenvalue weighted by Gasteiger charge is -2.11. The molecule has 0 amide bonds. The van der Waals surface area contributed by atoms with E-state index in [0.717, 1.165) is 6.54 Å². The number of hydrogen-bond acceptors (Lipinski definition) is 2. The summed E-state index contributed by atoms with van der Waals surface area (Å²) in [6.45, 7) is 3.55. The topological polar surface area (TPSA) is 21.6 Å². The highest BCUT2D eigenvalue weighted by Gasteiger charge is 2.01. The lowest BCUT2D eigenvalue weighted by Crippen LogP contribution is -2.18. The first kappa shape index (κ1) is 4.78. The molecule has 1 atom stereocenters. The Labute approximate surface area is 43.2 Å². The quantitative estimate of drug-likeness (QED) is 0.432. The van der Waals surface area contributed by atoms with Gasteiger partial charge in [0, 0.05) is 6.21 Å². The first-order valence-electron chi connectivity index (χ1n) is 2.49. The van der Waals surface area contributed by atoms with Crippen molar-refractivity contribution in [3.63, 3.8) is 0 Å². The molecule has 0 N–H and O–H groups in total. The van der Waals surface area contributed by atoms with Crippen LogP contribution in [0.1, 0.15) is 6.92 Å². The highest BCUT2D eigenvalue weighted by Crippen LogP contribution is 1.93. The van der Waals surface area contributed by atoms with E-state index in [1.807, 2.05) is 6.92 Å². The zero-order valence-corrected chi connectivity index (χ0v) is 4.42. The SMILES string of the molecule is CC1CN=CCO1. The van der Waals surface area contributed by atoms with Gasteiger partial charge in [-0.05, 0) is 6.92 Å². The third-order valence-corrected chi connectivity index (χ3v) is 0.947. The minimum Gasteiger partial charge on any atom is -0.371 e. The van der Waals surface area contributed by atoms with Crippen molar-refractivity contribution in [3.05, 3.63) is 0 Å². The molecule has 2 heteroatoms. The van der Waals surface area contributed by atoms with Crippen molar-refractivity contribution in [1.82, 2.24) is 0 Å². The third-order valence-electron chi connectivity index (χ3n) is 0.947. The number of ether oxygens (including phenoxy) is 1. The molecule has 1 aliphatic heterocycles. The van der Waals surface area contributed by atoms with Gasteiger partial charge in [0.1, 0.15) is 0 Å². The highest BCUT2D eigenvalue weighted by atomic mass is 16.5. The Kier molecular flexibility index (Phi) is 1.42. The molecule has 1 aliphatic rings. The van der Waals surface area contributed by atoms with Gasteiger partial charge in [-0.2, -0.15) is 0 Å². The maximum Gasteiger partial charge on any atom is 0.0818 e. The Morgan fingerprint density at radius 1 is 1.86 bits per heavy atom. The summed E-state index contributed by atoms with van der Waals surface area (Å²) < 4.78 is 5.13. The fraction of sp³-hybridized carbons (Fsp3) is 0.800. The Morgan fingerprint density at radius 3 is 3.00 bits per heavy atom. The van der Waals surface area contributed by atoms with Crippen LogP contribution in [0.15, 0.2) is 4.99 Å². The van der Waals surface area contributed by atoms with Gasteiger partial charge in [0.15, 0.2) is 0 Å². The monoisotopic (exact) mass is 99.1 g/mol. The molecule has 0 bridgehead atoms. The van der Waals surface area contributed by atoms with Crippen molar-refractivity contribution in [2.45, 2.75) is 13.0 Å². The van der Waals surface area contributed by atoms with E-state index < -0.39 is 0 Å². The Bertz CT molecular complexity index is 80.1. The van der Waals surface area contributed by atoms with E-state index in [-0.39, 0.29) is 0 Å². The van der Waals surface area contributed by atoms with Gasteiger partial charge in [-0.3, -0.25) is 4.99 Å². The molecule has 0 radical (unpaired) electrons. The number of nitrogens with zero attached hydrogens (tertiary/aromatic N) is 1. The van der Waals surface area contributed by atoms with Gasteiger partial charge in [-0.25, -0.2) is 0 Å². The summed E-state index contributed by atoms with van der Waals surface area (Å²) in [5.41, 5.74) is 0. The van der Waals surface area contributed by atoms with Crippen molar-refractivity contribution >= 4 is 6.21 Å². The first-order chi connectivity index (χ1) is 3.39. The van der Waals surface area contributed by atoms with Crippen LogP contribution in [0.3, 0.4) is 0 Å². The van der Waals surface area contributed by atoms with E-state index in [1.165, 1.54) is 0 Å². The molecular formula is C5H9NO. The maximum atomic E-state index is 5.13. The van der Waals surface area contributed by atoms with Crippen LogP contribution < -0.4 is 0 Å². The van der Waals surface area contributed by atoms with Gasteiger partial charge >= 0.3 is 0 Å². The zero-order chi connectivity index (χ0) is 5.11. The highest BCUT2D eigenvalue weighted by molar-refractivity contribution is 5.59. The van der Waals surface area contributed by atoms with Crippen molar-refractivity contribution in [2.24, 2.45) is 4.99 Å². The average molecular weight is 99.1 g/mol. The normalized spacial score (nSPS) is 30.7. The standard InChI is InChI=1S/C5H9NO/c1-5-4-6-2-3-7-5/h2,5H,3-4H2,1H3. The summed E-state index contributed by atoms with van der Waals surface area (Å²) in [5.74, 6) is 0. The van der Waals surface area contributed by atoms with Crippen LogP contribution in [0, 0.1) is 0 Å². The van der Waals surface area contributed by atoms with E-state index in [4.69, 9.17) is 4.74 Å². The van der Waals surface area contributed by atoms with Crippen LogP contribution in [0.25, 0.3) is 0 Å². The molecule has 0 saturated heterocycles. The second-order valence-corrected chi connectivity index (χ2v) is 1.69. The molecular weight excluding hydrogens is 90.1 g/mol. The van der Waals surface area contributed by atoms with E-state index in [9.17, 15) is 0 Å². The molecule has 1 rings (SSSR count). The second-order valence-electron chi connectivity index (χ2n) is 1.69. The summed E-state index contributed by atoms with van der Waals surface area (Å²) in [5, 5.41) is 0. The number of hydrogen-bond donors (Lipinski definition) is 0. The van der Waals surface area contributed by atoms with Crippen LogP contribution >= 0.6 is 0 Å². The molecule has 0 aromatic heterocycles. The molecule has 0 aromatic carbocycles. The molecule has 0 saturated carbocycles. The predicted octanol–water partition coefficient (Wildman–Crippen LogP) is 0.476. The zero-order valence-electron chi connectivity index (χ0n) is 4.42. The summed E-state index contributed by atoms with van der Waals surface area (Å²) in [7, 11) is 0. The van der Waals surface area contributed by atoms with E-state index in [2.05, 4.69) is 4.99 Å². The van der Waals surface area contributed by atoms with Gasteiger partial charge in [0.25, 0.3) is 0 Å². The van der Waals surface area contributed by atoms with Crippen LogP contribution in [-0.4, -0.2) is 25.5 Å². The predicted molar refractivity (Wildman–Crippen MR) is 28.8 cm³/mol. The molecule has 1 unspecified atom stereocenters. The second kappa shape index (κ2) is 2.07. The summed E-state index contributed by atoms with van der Waals surface area (Å²) in [6.07, 6.45) is 2.14. The molecule has 7 heavy (non-hydrogen) atoms. The van der Waals surface area contributed by atoms with Crippen LogP contribution in [0.5, 0.6) is 0 Å². The maximum absolute atomic E-state index is 5.13. The Balaban J connectivity index is 2.32. The third kappa shape index (κ3) is 1.27. The van der Waals surface area contributed by atoms with Gasteiger partial charge in [0.05, 0.1) is 19.3 Å². The summed E-state index contributed by atoms with van der Waals surface area (Å²) >= 11 is 0. The van der Waals surface area contributed by atoms with Crippen LogP contribution in [0.2, 0.25) is 0 Å². The van der Waals surface area contributed by atoms with Crippen LogP contribution in [0.4, 0.5) is 0 Å². The Hall–Kier alpha value is -0.370. The van der Waals surface area contributed by atoms with Crippen molar-refractivity contribution < 1.29 is 4.74 Å². The molecule has 1 heterocycles. The van der Waals surface area contributed by atoms with Gasteiger partial charge < -0.3 is 4.74 Å². The number of rotatable bonds is 0. The minimum absolute atomic E-state index is 0.338. The molecule has 0 fully saturated rings. The van der Waals surface area contributed by atoms with Gasteiger partial charge in [-0.1, -0.05) is 0 Å². The van der Waals surface area contributed by atoms with Crippen molar-refractivity contribution in [1.29, 1.82) is 0 Å². The average Bonchev–Trinajstić information content (AvgIpc) is 1.69. The van der Waals surface area contributed by atoms with Gasteiger partial charge in [0.2, 0.25) is 0 Å². The van der Waals surface area contributed by atoms with E-state index in [0.29, 0.717) is 12.7 Å². The first-order valence-corrected chi connectivity index (χ1v) is 2.49. The fourth-order valence-electron chi connectivity index (χ4n) is 0.536. The van der Waals surface area contributed by atoms with Gasteiger partial charge in [-0.15, -0.1) is 0 Å². The largest absolute Gasteiger partial charge is 0.371 e. The Morgan fingerprint density at radius 2 is 2.71 bits per heavy atom. The molecule has 0 spiro atoms. The van der Waals surface area contributed by atoms with E-state index >= 15 is 0 Å². The lowest BCUT2D eigenvalue weighted by molar-refractivity contribution is 0.0967. The van der Waals surface area contributed by atoms with Crippen LogP contribution in [-0.2, 0) is 4.74 Å². The van der Waals surface area contributed by atoms with Crippen molar-refractivity contribution in [2.75, 3.05) is 13.2 Å². The fourth-order valence-corrected chi connectivity index (χ4v) is 0.536. The molecule has 2 nitrogen and oxygen atoms in total. The lowest BCUT2D eigenvalue weighted by atomic mass is 10.4. The molecule has 40 valence electrons. The van der Waals surface area contributed by atoms with E-state index in [1.54, 1.807) is 6.21 Å². The number of aliphatic imine (C=N–C) groups is 1. The minimum atomic E-state index is 0.338. The van der Waals surface area contributed by atoms with Crippen molar-refractivity contribution in [3.8, 4) is 0 Å². The molecule has 0 aliphatic carbocycles.